The van der Waals surface area contributed by atoms with Crippen molar-refractivity contribution in [2.45, 2.75) is 32.1 Å². The van der Waals surface area contributed by atoms with Crippen molar-refractivity contribution >= 4 is 27.3 Å². The second-order valence-electron chi connectivity index (χ2n) is 8.31. The summed E-state index contributed by atoms with van der Waals surface area (Å²) in [6, 6.07) is 7.74. The van der Waals surface area contributed by atoms with Gasteiger partial charge in [0, 0.05) is 40.8 Å². The number of ether oxygens (including phenoxy) is 1. The maximum Gasteiger partial charge on any atom is 0.120 e. The fourth-order valence-electron chi connectivity index (χ4n) is 4.40. The lowest BCUT2D eigenvalue weighted by Crippen LogP contribution is -2.35. The van der Waals surface area contributed by atoms with Crippen LogP contribution in [0.4, 0.5) is 0 Å². The highest BCUT2D eigenvalue weighted by Gasteiger charge is 2.34. The van der Waals surface area contributed by atoms with Gasteiger partial charge in [-0.15, -0.1) is 0 Å². The predicted octanol–water partition coefficient (Wildman–Crippen LogP) is 3.54. The zero-order valence-electron chi connectivity index (χ0n) is 16.9. The Morgan fingerprint density at radius 3 is 2.83 bits per heavy atom. The first kappa shape index (κ1) is 18.4. The lowest BCUT2D eigenvalue weighted by atomic mass is 9.87. The van der Waals surface area contributed by atoms with Gasteiger partial charge in [-0.3, -0.25) is 0 Å². The summed E-state index contributed by atoms with van der Waals surface area (Å²) in [5.41, 5.74) is 4.57. The number of benzene rings is 1. The molecular weight excluding hydrogens is 366 g/mol. The third-order valence-electron chi connectivity index (χ3n) is 5.99. The SMILES string of the molecule is CCC1(O)COCc2cn3cc4cc5c(CN(C)C)c(O)ccc5nc4c3cc21. The van der Waals surface area contributed by atoms with Gasteiger partial charge in [0.15, 0.2) is 0 Å². The van der Waals surface area contributed by atoms with E-state index < -0.39 is 5.60 Å². The quantitative estimate of drug-likeness (QED) is 0.559. The summed E-state index contributed by atoms with van der Waals surface area (Å²) in [5.74, 6) is 0.289. The van der Waals surface area contributed by atoms with E-state index >= 15 is 0 Å². The van der Waals surface area contributed by atoms with Gasteiger partial charge in [0.25, 0.3) is 0 Å². The Bertz CT molecular complexity index is 1260. The number of hydrogen-bond acceptors (Lipinski definition) is 5. The van der Waals surface area contributed by atoms with Crippen molar-refractivity contribution < 1.29 is 14.9 Å². The molecule has 150 valence electrons. The smallest absolute Gasteiger partial charge is 0.120 e. The monoisotopic (exact) mass is 391 g/mol. The fourth-order valence-corrected chi connectivity index (χ4v) is 4.40. The van der Waals surface area contributed by atoms with Crippen LogP contribution in [0.15, 0.2) is 36.7 Å². The molecule has 3 aromatic heterocycles. The van der Waals surface area contributed by atoms with Crippen molar-refractivity contribution in [3.05, 3.63) is 53.3 Å². The number of aliphatic hydroxyl groups is 1. The van der Waals surface area contributed by atoms with Crippen LogP contribution in [0, 0.1) is 0 Å². The number of phenolic OH excluding ortho intramolecular Hbond substituents is 1. The van der Waals surface area contributed by atoms with Crippen LogP contribution >= 0.6 is 0 Å². The molecule has 6 nitrogen and oxygen atoms in total. The largest absolute Gasteiger partial charge is 0.508 e. The van der Waals surface area contributed by atoms with Crippen molar-refractivity contribution in [3.8, 4) is 5.75 Å². The van der Waals surface area contributed by atoms with Crippen LogP contribution < -0.4 is 0 Å². The molecule has 5 rings (SSSR count). The first-order valence-electron chi connectivity index (χ1n) is 9.94. The van der Waals surface area contributed by atoms with Crippen LogP contribution in [0.25, 0.3) is 27.3 Å². The Balaban J connectivity index is 1.80. The van der Waals surface area contributed by atoms with Crippen LogP contribution in [0.1, 0.15) is 30.0 Å². The van der Waals surface area contributed by atoms with Crippen molar-refractivity contribution in [2.75, 3.05) is 20.7 Å². The number of fused-ring (bicyclic) bond motifs is 5. The first-order chi connectivity index (χ1) is 13.9. The van der Waals surface area contributed by atoms with E-state index in [0.717, 1.165) is 44.0 Å². The summed E-state index contributed by atoms with van der Waals surface area (Å²) in [6.45, 7) is 3.43. The van der Waals surface area contributed by atoms with E-state index in [2.05, 4.69) is 22.7 Å². The molecule has 2 N–H and O–H groups in total. The highest BCUT2D eigenvalue weighted by Crippen LogP contribution is 2.37. The van der Waals surface area contributed by atoms with E-state index in [1.165, 1.54) is 0 Å². The van der Waals surface area contributed by atoms with Gasteiger partial charge < -0.3 is 24.3 Å². The van der Waals surface area contributed by atoms with E-state index in [1.54, 1.807) is 6.07 Å². The van der Waals surface area contributed by atoms with Crippen molar-refractivity contribution in [3.63, 3.8) is 0 Å². The Kier molecular flexibility index (Phi) is 4.07. The molecular formula is C23H25N3O3. The molecule has 1 aromatic carbocycles. The molecule has 0 spiro atoms. The summed E-state index contributed by atoms with van der Waals surface area (Å²) in [7, 11) is 3.97. The van der Waals surface area contributed by atoms with Crippen molar-refractivity contribution in [2.24, 2.45) is 0 Å². The average Bonchev–Trinajstić information content (AvgIpc) is 3.04. The summed E-state index contributed by atoms with van der Waals surface area (Å²) in [4.78, 5) is 6.97. The molecule has 1 atom stereocenters. The summed E-state index contributed by atoms with van der Waals surface area (Å²) < 4.78 is 7.70. The average molecular weight is 391 g/mol. The van der Waals surface area contributed by atoms with Crippen molar-refractivity contribution in [1.29, 1.82) is 0 Å². The van der Waals surface area contributed by atoms with Gasteiger partial charge >= 0.3 is 0 Å². The first-order valence-corrected chi connectivity index (χ1v) is 9.94. The fraction of sp³-hybridized carbons (Fsp3) is 0.348. The van der Waals surface area contributed by atoms with E-state index in [4.69, 9.17) is 9.72 Å². The van der Waals surface area contributed by atoms with Gasteiger partial charge in [-0.2, -0.15) is 0 Å². The molecule has 4 heterocycles. The maximum absolute atomic E-state index is 11.0. The molecule has 1 unspecified atom stereocenters. The Hall–Kier alpha value is -2.67. The number of aromatic hydroxyl groups is 1. The van der Waals surface area contributed by atoms with Gasteiger partial charge in [0.05, 0.1) is 29.8 Å². The molecule has 0 saturated carbocycles. The summed E-state index contributed by atoms with van der Waals surface area (Å²) in [5, 5.41) is 23.4. The van der Waals surface area contributed by atoms with Crippen LogP contribution in [0.2, 0.25) is 0 Å². The Morgan fingerprint density at radius 2 is 2.07 bits per heavy atom. The van der Waals surface area contributed by atoms with Gasteiger partial charge in [-0.05, 0) is 50.3 Å². The van der Waals surface area contributed by atoms with Gasteiger partial charge in [-0.1, -0.05) is 6.92 Å². The molecule has 1 aliphatic heterocycles. The highest BCUT2D eigenvalue weighted by atomic mass is 16.5. The molecule has 0 aliphatic carbocycles. The minimum absolute atomic E-state index is 0.289. The maximum atomic E-state index is 11.0. The topological polar surface area (TPSA) is 70.2 Å². The normalized spacial score (nSPS) is 19.5. The lowest BCUT2D eigenvalue weighted by molar-refractivity contribution is -0.0751. The number of aromatic nitrogens is 2. The standard InChI is InChI=1S/C23H25N3O3/c1-4-23(28)13-29-12-15-10-26-9-14-7-16-17(11-25(2)3)21(27)6-5-19(16)24-22(14)20(26)8-18(15)23/h5-10,27-28H,4,11-13H2,1-3H3. The minimum atomic E-state index is -0.965. The molecule has 1 aliphatic rings. The van der Waals surface area contributed by atoms with E-state index in [0.29, 0.717) is 26.2 Å². The molecule has 0 saturated heterocycles. The number of pyridine rings is 2. The van der Waals surface area contributed by atoms with Gasteiger partial charge in [0.2, 0.25) is 0 Å². The van der Waals surface area contributed by atoms with Crippen LogP contribution in [-0.2, 0) is 23.5 Å². The van der Waals surface area contributed by atoms with Crippen LogP contribution in [0.5, 0.6) is 5.75 Å². The van der Waals surface area contributed by atoms with Crippen molar-refractivity contribution in [1.82, 2.24) is 14.3 Å². The predicted molar refractivity (Wildman–Crippen MR) is 113 cm³/mol. The molecule has 6 heteroatoms. The number of rotatable bonds is 3. The third kappa shape index (κ3) is 2.79. The van der Waals surface area contributed by atoms with Gasteiger partial charge in [0.1, 0.15) is 11.4 Å². The Labute approximate surface area is 169 Å². The molecule has 0 bridgehead atoms. The van der Waals surface area contributed by atoms with E-state index in [-0.39, 0.29) is 5.75 Å². The number of nitrogens with zero attached hydrogens (tertiary/aromatic N) is 3. The summed E-state index contributed by atoms with van der Waals surface area (Å²) >= 11 is 0. The van der Waals surface area contributed by atoms with E-state index in [1.807, 2.05) is 38.2 Å². The zero-order chi connectivity index (χ0) is 20.3. The molecule has 0 amide bonds. The lowest BCUT2D eigenvalue weighted by Gasteiger charge is -2.33. The van der Waals surface area contributed by atoms with Crippen LogP contribution in [-0.4, -0.2) is 45.2 Å². The van der Waals surface area contributed by atoms with Gasteiger partial charge in [-0.25, -0.2) is 4.98 Å². The van der Waals surface area contributed by atoms with Crippen LogP contribution in [0.3, 0.4) is 0 Å². The highest BCUT2D eigenvalue weighted by molar-refractivity contribution is 6.02. The zero-order valence-corrected chi connectivity index (χ0v) is 16.9. The second kappa shape index (κ2) is 6.42. The second-order valence-corrected chi connectivity index (χ2v) is 8.31. The molecule has 29 heavy (non-hydrogen) atoms. The molecule has 0 radical (unpaired) electrons. The number of phenols is 1. The van der Waals surface area contributed by atoms with E-state index in [9.17, 15) is 10.2 Å². The summed E-state index contributed by atoms with van der Waals surface area (Å²) in [6.07, 6.45) is 4.69. The third-order valence-corrected chi connectivity index (χ3v) is 5.99. The minimum Gasteiger partial charge on any atom is -0.508 e. The number of hydrogen-bond donors (Lipinski definition) is 2. The molecule has 4 aromatic rings. The Morgan fingerprint density at radius 1 is 1.24 bits per heavy atom. The molecule has 0 fully saturated rings.